The van der Waals surface area contributed by atoms with Crippen molar-refractivity contribution >= 4 is 11.8 Å². The molecule has 0 atom stereocenters. The quantitative estimate of drug-likeness (QED) is 0.927. The molecule has 2 heterocycles. The summed E-state index contributed by atoms with van der Waals surface area (Å²) in [5.41, 5.74) is 1.56. The molecule has 2 aromatic rings. The maximum absolute atomic E-state index is 12.3. The van der Waals surface area contributed by atoms with Gasteiger partial charge in [-0.15, -0.1) is 0 Å². The molecule has 0 bridgehead atoms. The number of carbonyl (C=O) groups is 2. The van der Waals surface area contributed by atoms with Gasteiger partial charge in [0.1, 0.15) is 0 Å². The molecule has 1 aliphatic rings. The van der Waals surface area contributed by atoms with Gasteiger partial charge in [-0.2, -0.15) is 5.26 Å². The number of nitriles is 1. The van der Waals surface area contributed by atoms with Crippen molar-refractivity contribution in [2.45, 2.75) is 19.4 Å². The monoisotopic (exact) mass is 337 g/mol. The van der Waals surface area contributed by atoms with E-state index in [9.17, 15) is 9.59 Å². The first-order chi connectivity index (χ1) is 12.2. The summed E-state index contributed by atoms with van der Waals surface area (Å²) in [7, 11) is 0. The van der Waals surface area contributed by atoms with Gasteiger partial charge in [-0.1, -0.05) is 12.1 Å². The molecule has 3 rings (SSSR count). The minimum absolute atomic E-state index is 0.00876. The van der Waals surface area contributed by atoms with E-state index >= 15 is 0 Å². The Bertz CT molecular complexity index is 767. The van der Waals surface area contributed by atoms with Gasteiger partial charge in [-0.05, 0) is 42.7 Å². The number of benzene rings is 1. The minimum atomic E-state index is -0.124. The fourth-order valence-electron chi connectivity index (χ4n) is 2.93. The predicted molar refractivity (Wildman–Crippen MR) is 90.3 cm³/mol. The summed E-state index contributed by atoms with van der Waals surface area (Å²) in [5.74, 6) is 0.138. The Morgan fingerprint density at radius 3 is 2.52 bits per heavy atom. The molecule has 0 saturated carbocycles. The van der Waals surface area contributed by atoms with Crippen LogP contribution in [0.15, 0.2) is 47.1 Å². The van der Waals surface area contributed by atoms with E-state index in [4.69, 9.17) is 9.68 Å². The maximum Gasteiger partial charge on any atom is 0.289 e. The molecule has 2 amide bonds. The van der Waals surface area contributed by atoms with E-state index in [-0.39, 0.29) is 17.7 Å². The molecule has 6 nitrogen and oxygen atoms in total. The minimum Gasteiger partial charge on any atom is -0.459 e. The Labute approximate surface area is 146 Å². The zero-order valence-corrected chi connectivity index (χ0v) is 13.8. The van der Waals surface area contributed by atoms with Crippen LogP contribution in [-0.4, -0.2) is 29.8 Å². The SMILES string of the molecule is N#Cc1ccc(CNC(=O)C2CCN(C(=O)c3ccco3)CC2)cc1. The number of likely N-dealkylation sites (tertiary alicyclic amines) is 1. The highest BCUT2D eigenvalue weighted by Crippen LogP contribution is 2.19. The van der Waals surface area contributed by atoms with E-state index in [0.717, 1.165) is 5.56 Å². The third kappa shape index (κ3) is 4.07. The van der Waals surface area contributed by atoms with Crippen LogP contribution in [-0.2, 0) is 11.3 Å². The van der Waals surface area contributed by atoms with Crippen molar-refractivity contribution in [1.82, 2.24) is 10.2 Å². The molecule has 0 spiro atoms. The highest BCUT2D eigenvalue weighted by atomic mass is 16.3. The van der Waals surface area contributed by atoms with E-state index in [1.165, 1.54) is 6.26 Å². The number of furan rings is 1. The summed E-state index contributed by atoms with van der Waals surface area (Å²) in [6, 6.07) is 12.6. The third-order valence-electron chi connectivity index (χ3n) is 4.43. The summed E-state index contributed by atoms with van der Waals surface area (Å²) in [5, 5.41) is 11.7. The van der Waals surface area contributed by atoms with Crippen LogP contribution in [0.25, 0.3) is 0 Å². The molecule has 6 heteroatoms. The zero-order valence-electron chi connectivity index (χ0n) is 13.8. The molecule has 1 aromatic carbocycles. The van der Waals surface area contributed by atoms with Crippen molar-refractivity contribution in [2.24, 2.45) is 5.92 Å². The number of carbonyl (C=O) groups excluding carboxylic acids is 2. The Morgan fingerprint density at radius 2 is 1.92 bits per heavy atom. The second-order valence-electron chi connectivity index (χ2n) is 6.07. The van der Waals surface area contributed by atoms with Gasteiger partial charge in [0, 0.05) is 25.6 Å². The molecule has 1 aromatic heterocycles. The second-order valence-corrected chi connectivity index (χ2v) is 6.07. The van der Waals surface area contributed by atoms with Gasteiger partial charge < -0.3 is 14.6 Å². The van der Waals surface area contributed by atoms with Crippen LogP contribution in [0.4, 0.5) is 0 Å². The van der Waals surface area contributed by atoms with Gasteiger partial charge in [-0.3, -0.25) is 9.59 Å². The molecule has 0 radical (unpaired) electrons. The Kier molecular flexibility index (Phi) is 5.14. The summed E-state index contributed by atoms with van der Waals surface area (Å²) in [6.07, 6.45) is 2.77. The lowest BCUT2D eigenvalue weighted by Crippen LogP contribution is -2.42. The summed E-state index contributed by atoms with van der Waals surface area (Å²) in [6.45, 7) is 1.54. The van der Waals surface area contributed by atoms with Gasteiger partial charge in [0.15, 0.2) is 5.76 Å². The van der Waals surface area contributed by atoms with Crippen LogP contribution >= 0.6 is 0 Å². The van der Waals surface area contributed by atoms with E-state index in [1.54, 1.807) is 29.2 Å². The van der Waals surface area contributed by atoms with E-state index in [1.807, 2.05) is 12.1 Å². The number of piperidine rings is 1. The first-order valence-electron chi connectivity index (χ1n) is 8.27. The first-order valence-corrected chi connectivity index (χ1v) is 8.27. The molecule has 128 valence electrons. The lowest BCUT2D eigenvalue weighted by atomic mass is 9.95. The van der Waals surface area contributed by atoms with Gasteiger partial charge >= 0.3 is 0 Å². The van der Waals surface area contributed by atoms with Crippen LogP contribution < -0.4 is 5.32 Å². The van der Waals surface area contributed by atoms with Crippen molar-refractivity contribution in [1.29, 1.82) is 5.26 Å². The first kappa shape index (κ1) is 16.8. The van der Waals surface area contributed by atoms with Gasteiger partial charge in [0.25, 0.3) is 5.91 Å². The van der Waals surface area contributed by atoms with Gasteiger partial charge in [-0.25, -0.2) is 0 Å². The summed E-state index contributed by atoms with van der Waals surface area (Å²) < 4.78 is 5.14. The van der Waals surface area contributed by atoms with Crippen LogP contribution in [0.1, 0.15) is 34.5 Å². The molecule has 1 saturated heterocycles. The van der Waals surface area contributed by atoms with Crippen LogP contribution in [0.2, 0.25) is 0 Å². The Morgan fingerprint density at radius 1 is 1.20 bits per heavy atom. The normalized spacial score (nSPS) is 14.8. The number of nitrogens with one attached hydrogen (secondary N) is 1. The molecule has 0 unspecified atom stereocenters. The van der Waals surface area contributed by atoms with Crippen molar-refractivity contribution in [3.63, 3.8) is 0 Å². The second kappa shape index (κ2) is 7.67. The topological polar surface area (TPSA) is 86.3 Å². The van der Waals surface area contributed by atoms with Crippen molar-refractivity contribution in [3.8, 4) is 6.07 Å². The standard InChI is InChI=1S/C19H19N3O3/c20-12-14-3-5-15(6-4-14)13-21-18(23)16-7-9-22(10-8-16)19(24)17-2-1-11-25-17/h1-6,11,16H,7-10,13H2,(H,21,23). The molecule has 25 heavy (non-hydrogen) atoms. The molecule has 1 N–H and O–H groups in total. The van der Waals surface area contributed by atoms with Crippen molar-refractivity contribution < 1.29 is 14.0 Å². The third-order valence-corrected chi connectivity index (χ3v) is 4.43. The lowest BCUT2D eigenvalue weighted by molar-refractivity contribution is -0.126. The predicted octanol–water partition coefficient (Wildman–Crippen LogP) is 2.32. The molecule has 1 fully saturated rings. The Balaban J connectivity index is 1.46. The van der Waals surface area contributed by atoms with Crippen LogP contribution in [0, 0.1) is 17.2 Å². The number of rotatable bonds is 4. The highest BCUT2D eigenvalue weighted by Gasteiger charge is 2.28. The van der Waals surface area contributed by atoms with Crippen molar-refractivity contribution in [3.05, 3.63) is 59.5 Å². The van der Waals surface area contributed by atoms with E-state index in [0.29, 0.717) is 43.8 Å². The highest BCUT2D eigenvalue weighted by molar-refractivity contribution is 5.91. The van der Waals surface area contributed by atoms with Crippen LogP contribution in [0.5, 0.6) is 0 Å². The molecular weight excluding hydrogens is 318 g/mol. The Hall–Kier alpha value is -3.07. The van der Waals surface area contributed by atoms with Gasteiger partial charge in [0.2, 0.25) is 5.91 Å². The lowest BCUT2D eigenvalue weighted by Gasteiger charge is -2.30. The molecule has 1 aliphatic heterocycles. The zero-order chi connectivity index (χ0) is 17.6. The van der Waals surface area contributed by atoms with E-state index in [2.05, 4.69) is 11.4 Å². The maximum atomic E-state index is 12.3. The number of amides is 2. The molecular formula is C19H19N3O3. The summed E-state index contributed by atoms with van der Waals surface area (Å²) >= 11 is 0. The average molecular weight is 337 g/mol. The molecule has 0 aliphatic carbocycles. The van der Waals surface area contributed by atoms with Gasteiger partial charge in [0.05, 0.1) is 17.9 Å². The average Bonchev–Trinajstić information content (AvgIpc) is 3.21. The largest absolute Gasteiger partial charge is 0.459 e. The fourth-order valence-corrected chi connectivity index (χ4v) is 2.93. The fraction of sp³-hybridized carbons (Fsp3) is 0.316. The number of hydrogen-bond acceptors (Lipinski definition) is 4. The summed E-state index contributed by atoms with van der Waals surface area (Å²) in [4.78, 5) is 26.2. The smallest absolute Gasteiger partial charge is 0.289 e. The van der Waals surface area contributed by atoms with Crippen molar-refractivity contribution in [2.75, 3.05) is 13.1 Å². The van der Waals surface area contributed by atoms with E-state index < -0.39 is 0 Å². The number of hydrogen-bond donors (Lipinski definition) is 1. The van der Waals surface area contributed by atoms with Crippen LogP contribution in [0.3, 0.4) is 0 Å². The number of nitrogens with zero attached hydrogens (tertiary/aromatic N) is 2.